The van der Waals surface area contributed by atoms with Gasteiger partial charge in [-0.1, -0.05) is 49.0 Å². The van der Waals surface area contributed by atoms with Gasteiger partial charge in [0.1, 0.15) is 5.75 Å². The monoisotopic (exact) mass is 284 g/mol. The van der Waals surface area contributed by atoms with E-state index in [9.17, 15) is 5.11 Å². The zero-order chi connectivity index (χ0) is 14.5. The van der Waals surface area contributed by atoms with Gasteiger partial charge in [0, 0.05) is 10.5 Å². The van der Waals surface area contributed by atoms with E-state index in [1.807, 2.05) is 24.3 Å². The van der Waals surface area contributed by atoms with Crippen LogP contribution >= 0.6 is 11.8 Å². The molecule has 0 saturated carbocycles. The average molecular weight is 284 g/mol. The number of phenolic OH excluding ortho intramolecular Hbond substituents is 1. The standard InChI is InChI=1S/C18H20OS/c1-4-5-11-16-14(3)13(2)12-17(18(16)19)20-15-9-7-6-8-10-15/h5-12,19H,4H2,1-3H3. The number of hydrogen-bond acceptors (Lipinski definition) is 2. The van der Waals surface area contributed by atoms with Crippen LogP contribution < -0.4 is 0 Å². The van der Waals surface area contributed by atoms with E-state index in [4.69, 9.17) is 0 Å². The fourth-order valence-corrected chi connectivity index (χ4v) is 3.02. The number of aryl methyl sites for hydroxylation is 1. The third kappa shape index (κ3) is 3.26. The van der Waals surface area contributed by atoms with Crippen LogP contribution in [0.5, 0.6) is 5.75 Å². The van der Waals surface area contributed by atoms with Crippen molar-refractivity contribution < 1.29 is 5.11 Å². The summed E-state index contributed by atoms with van der Waals surface area (Å²) in [6.45, 7) is 6.24. The van der Waals surface area contributed by atoms with Crippen LogP contribution in [0.1, 0.15) is 30.0 Å². The lowest BCUT2D eigenvalue weighted by molar-refractivity contribution is 0.460. The van der Waals surface area contributed by atoms with Crippen LogP contribution in [-0.4, -0.2) is 5.11 Å². The first kappa shape index (κ1) is 14.7. The van der Waals surface area contributed by atoms with E-state index in [1.54, 1.807) is 11.8 Å². The van der Waals surface area contributed by atoms with Gasteiger partial charge in [0.15, 0.2) is 0 Å². The summed E-state index contributed by atoms with van der Waals surface area (Å²) in [7, 11) is 0. The first-order valence-electron chi connectivity index (χ1n) is 6.86. The van der Waals surface area contributed by atoms with Gasteiger partial charge in [0.25, 0.3) is 0 Å². The minimum atomic E-state index is 0.381. The molecule has 0 atom stereocenters. The largest absolute Gasteiger partial charge is 0.506 e. The number of hydrogen-bond donors (Lipinski definition) is 1. The minimum Gasteiger partial charge on any atom is -0.506 e. The van der Waals surface area contributed by atoms with Crippen LogP contribution in [-0.2, 0) is 0 Å². The van der Waals surface area contributed by atoms with E-state index < -0.39 is 0 Å². The van der Waals surface area contributed by atoms with Crippen molar-refractivity contribution in [3.8, 4) is 5.75 Å². The molecule has 104 valence electrons. The van der Waals surface area contributed by atoms with Gasteiger partial charge in [-0.05, 0) is 49.6 Å². The lowest BCUT2D eigenvalue weighted by atomic mass is 10.0. The zero-order valence-corrected chi connectivity index (χ0v) is 13.0. The van der Waals surface area contributed by atoms with Crippen molar-refractivity contribution in [2.45, 2.75) is 37.0 Å². The van der Waals surface area contributed by atoms with Gasteiger partial charge in [-0.3, -0.25) is 0 Å². The molecule has 1 nitrogen and oxygen atoms in total. The van der Waals surface area contributed by atoms with E-state index in [0.717, 1.165) is 27.3 Å². The molecular weight excluding hydrogens is 264 g/mol. The molecular formula is C18H20OS. The lowest BCUT2D eigenvalue weighted by Gasteiger charge is -2.13. The second-order valence-electron chi connectivity index (χ2n) is 4.80. The molecule has 2 aromatic carbocycles. The van der Waals surface area contributed by atoms with E-state index in [2.05, 4.69) is 45.0 Å². The first-order valence-corrected chi connectivity index (χ1v) is 7.67. The Morgan fingerprint density at radius 1 is 1.15 bits per heavy atom. The molecule has 0 aliphatic carbocycles. The highest BCUT2D eigenvalue weighted by Crippen LogP contribution is 2.39. The van der Waals surface area contributed by atoms with Gasteiger partial charge in [0.2, 0.25) is 0 Å². The molecule has 0 saturated heterocycles. The number of rotatable bonds is 4. The fraction of sp³-hybridized carbons (Fsp3) is 0.222. The smallest absolute Gasteiger partial charge is 0.136 e. The molecule has 0 aliphatic heterocycles. The van der Waals surface area contributed by atoms with Gasteiger partial charge in [-0.25, -0.2) is 0 Å². The molecule has 0 bridgehead atoms. The molecule has 0 spiro atoms. The van der Waals surface area contributed by atoms with Crippen molar-refractivity contribution in [2.24, 2.45) is 0 Å². The second-order valence-corrected chi connectivity index (χ2v) is 5.92. The highest BCUT2D eigenvalue weighted by Gasteiger charge is 2.12. The third-order valence-corrected chi connectivity index (χ3v) is 4.36. The maximum absolute atomic E-state index is 10.5. The third-order valence-electron chi connectivity index (χ3n) is 3.32. The van der Waals surface area contributed by atoms with Crippen LogP contribution in [0, 0.1) is 13.8 Å². The topological polar surface area (TPSA) is 20.2 Å². The Hall–Kier alpha value is -1.67. The summed E-state index contributed by atoms with van der Waals surface area (Å²) in [5, 5.41) is 10.5. The van der Waals surface area contributed by atoms with Crippen LogP contribution in [0.15, 0.2) is 52.3 Å². The zero-order valence-electron chi connectivity index (χ0n) is 12.2. The molecule has 1 N–H and O–H groups in total. The number of allylic oxidation sites excluding steroid dienone is 1. The molecule has 0 unspecified atom stereocenters. The molecule has 0 aromatic heterocycles. The number of benzene rings is 2. The predicted octanol–water partition coefficient (Wildman–Crippen LogP) is 5.58. The van der Waals surface area contributed by atoms with Crippen LogP contribution in [0.25, 0.3) is 6.08 Å². The first-order chi connectivity index (χ1) is 9.63. The van der Waals surface area contributed by atoms with Crippen LogP contribution in [0.3, 0.4) is 0 Å². The summed E-state index contributed by atoms with van der Waals surface area (Å²) in [5.41, 5.74) is 3.28. The van der Waals surface area contributed by atoms with Gasteiger partial charge in [-0.15, -0.1) is 0 Å². The van der Waals surface area contributed by atoms with Gasteiger partial charge in [-0.2, -0.15) is 0 Å². The van der Waals surface area contributed by atoms with E-state index >= 15 is 0 Å². The maximum Gasteiger partial charge on any atom is 0.136 e. The molecule has 0 heterocycles. The average Bonchev–Trinajstić information content (AvgIpc) is 2.46. The van der Waals surface area contributed by atoms with E-state index in [-0.39, 0.29) is 0 Å². The number of aromatic hydroxyl groups is 1. The predicted molar refractivity (Wildman–Crippen MR) is 87.5 cm³/mol. The SMILES string of the molecule is CCC=Cc1c(C)c(C)cc(Sc2ccccc2)c1O. The highest BCUT2D eigenvalue weighted by atomic mass is 32.2. The maximum atomic E-state index is 10.5. The molecule has 2 heteroatoms. The normalized spacial score (nSPS) is 11.2. The Bertz CT molecular complexity index is 615. The fourth-order valence-electron chi connectivity index (χ4n) is 2.03. The summed E-state index contributed by atoms with van der Waals surface area (Å²) in [5.74, 6) is 0.381. The molecule has 2 rings (SSSR count). The minimum absolute atomic E-state index is 0.381. The Balaban J connectivity index is 2.44. The molecule has 20 heavy (non-hydrogen) atoms. The van der Waals surface area contributed by atoms with Crippen molar-refractivity contribution in [1.29, 1.82) is 0 Å². The van der Waals surface area contributed by atoms with Crippen molar-refractivity contribution in [3.05, 3.63) is 59.2 Å². The highest BCUT2D eigenvalue weighted by molar-refractivity contribution is 7.99. The second kappa shape index (κ2) is 6.67. The van der Waals surface area contributed by atoms with Crippen LogP contribution in [0.2, 0.25) is 0 Å². The van der Waals surface area contributed by atoms with E-state index in [0.29, 0.717) is 5.75 Å². The summed E-state index contributed by atoms with van der Waals surface area (Å²) < 4.78 is 0. The van der Waals surface area contributed by atoms with Crippen molar-refractivity contribution in [3.63, 3.8) is 0 Å². The van der Waals surface area contributed by atoms with E-state index in [1.165, 1.54) is 5.56 Å². The van der Waals surface area contributed by atoms with Crippen molar-refractivity contribution in [1.82, 2.24) is 0 Å². The molecule has 0 radical (unpaired) electrons. The van der Waals surface area contributed by atoms with Gasteiger partial charge < -0.3 is 5.11 Å². The van der Waals surface area contributed by atoms with Crippen LogP contribution in [0.4, 0.5) is 0 Å². The summed E-state index contributed by atoms with van der Waals surface area (Å²) in [4.78, 5) is 2.05. The molecule has 2 aromatic rings. The van der Waals surface area contributed by atoms with Crippen molar-refractivity contribution in [2.75, 3.05) is 0 Å². The molecule has 0 amide bonds. The Labute approximate surface area is 125 Å². The molecule has 0 fully saturated rings. The quantitative estimate of drug-likeness (QED) is 0.790. The lowest BCUT2D eigenvalue weighted by Crippen LogP contribution is -1.90. The Morgan fingerprint density at radius 3 is 2.50 bits per heavy atom. The molecule has 0 aliphatic rings. The summed E-state index contributed by atoms with van der Waals surface area (Å²) >= 11 is 1.60. The van der Waals surface area contributed by atoms with Crippen molar-refractivity contribution >= 4 is 17.8 Å². The summed E-state index contributed by atoms with van der Waals surface area (Å²) in [6.07, 6.45) is 5.07. The number of phenols is 1. The Kier molecular flexibility index (Phi) is 4.91. The summed E-state index contributed by atoms with van der Waals surface area (Å²) in [6, 6.07) is 12.2. The van der Waals surface area contributed by atoms with Gasteiger partial charge in [0.05, 0.1) is 4.90 Å². The Morgan fingerprint density at radius 2 is 1.85 bits per heavy atom. The van der Waals surface area contributed by atoms with Gasteiger partial charge >= 0.3 is 0 Å².